The fourth-order valence-corrected chi connectivity index (χ4v) is 1.48. The van der Waals surface area contributed by atoms with E-state index >= 15 is 0 Å². The zero-order chi connectivity index (χ0) is 12.5. The van der Waals surface area contributed by atoms with Crippen molar-refractivity contribution < 1.29 is 13.9 Å². The number of benzene rings is 1. The van der Waals surface area contributed by atoms with Crippen molar-refractivity contribution in [3.63, 3.8) is 0 Å². The van der Waals surface area contributed by atoms with Gasteiger partial charge in [0.05, 0.1) is 17.8 Å². The minimum absolute atomic E-state index is 0.245. The molecule has 17 heavy (non-hydrogen) atoms. The molecule has 0 saturated heterocycles. The van der Waals surface area contributed by atoms with E-state index in [2.05, 4.69) is 5.32 Å². The minimum atomic E-state index is -0.752. The molecule has 1 saturated carbocycles. The van der Waals surface area contributed by atoms with Crippen molar-refractivity contribution in [3.05, 3.63) is 24.0 Å². The molecular formula is C12H15FN2O2. The lowest BCUT2D eigenvalue weighted by atomic mass is 10.2. The van der Waals surface area contributed by atoms with E-state index in [9.17, 15) is 9.18 Å². The highest BCUT2D eigenvalue weighted by Gasteiger charge is 2.46. The third-order valence-corrected chi connectivity index (χ3v) is 2.73. The molecule has 1 aliphatic rings. The van der Waals surface area contributed by atoms with Crippen LogP contribution >= 0.6 is 0 Å². The standard InChI is InChI=1S/C12H15FN2O2/c1-2-17-10-7-8(13)3-4-9(10)15-11(16)12(14)5-6-12/h3-4,7H,2,5-6,14H2,1H3,(H,15,16). The maximum Gasteiger partial charge on any atom is 0.244 e. The number of carbonyl (C=O) groups is 1. The predicted molar refractivity (Wildman–Crippen MR) is 62.4 cm³/mol. The van der Waals surface area contributed by atoms with Gasteiger partial charge in [-0.05, 0) is 31.9 Å². The Morgan fingerprint density at radius 2 is 2.29 bits per heavy atom. The second kappa shape index (κ2) is 4.33. The number of rotatable bonds is 4. The number of nitrogens with two attached hydrogens (primary N) is 1. The van der Waals surface area contributed by atoms with Gasteiger partial charge in [-0.1, -0.05) is 0 Å². The van der Waals surface area contributed by atoms with Gasteiger partial charge < -0.3 is 15.8 Å². The average molecular weight is 238 g/mol. The first kappa shape index (κ1) is 11.9. The van der Waals surface area contributed by atoms with Crippen LogP contribution in [0.3, 0.4) is 0 Å². The van der Waals surface area contributed by atoms with Crippen LogP contribution in [0.15, 0.2) is 18.2 Å². The molecule has 0 bridgehead atoms. The van der Waals surface area contributed by atoms with Gasteiger partial charge in [-0.2, -0.15) is 0 Å². The Morgan fingerprint density at radius 1 is 1.59 bits per heavy atom. The Hall–Kier alpha value is -1.62. The van der Waals surface area contributed by atoms with Crippen molar-refractivity contribution in [2.45, 2.75) is 25.3 Å². The van der Waals surface area contributed by atoms with Gasteiger partial charge in [-0.25, -0.2) is 4.39 Å². The molecule has 92 valence electrons. The Balaban J connectivity index is 2.16. The predicted octanol–water partition coefficient (Wildman–Crippen LogP) is 1.65. The van der Waals surface area contributed by atoms with Crippen molar-refractivity contribution in [2.75, 3.05) is 11.9 Å². The molecule has 4 nitrogen and oxygen atoms in total. The van der Waals surface area contributed by atoms with Gasteiger partial charge in [0.15, 0.2) is 0 Å². The first-order chi connectivity index (χ1) is 8.05. The van der Waals surface area contributed by atoms with Crippen LogP contribution in [0.4, 0.5) is 10.1 Å². The van der Waals surface area contributed by atoms with Crippen LogP contribution in [-0.2, 0) is 4.79 Å². The van der Waals surface area contributed by atoms with E-state index in [0.29, 0.717) is 30.9 Å². The van der Waals surface area contributed by atoms with Gasteiger partial charge in [0.1, 0.15) is 11.6 Å². The normalized spacial score (nSPS) is 16.4. The van der Waals surface area contributed by atoms with E-state index < -0.39 is 11.4 Å². The number of carbonyl (C=O) groups excluding carboxylic acids is 1. The molecule has 0 atom stereocenters. The summed E-state index contributed by atoms with van der Waals surface area (Å²) < 4.78 is 18.3. The Bertz CT molecular complexity index is 444. The molecule has 3 N–H and O–H groups in total. The van der Waals surface area contributed by atoms with E-state index in [1.165, 1.54) is 18.2 Å². The number of amides is 1. The maximum atomic E-state index is 13.0. The van der Waals surface area contributed by atoms with Crippen LogP contribution in [0.2, 0.25) is 0 Å². The molecule has 2 rings (SSSR count). The van der Waals surface area contributed by atoms with Gasteiger partial charge in [-0.15, -0.1) is 0 Å². The van der Waals surface area contributed by atoms with E-state index in [1.807, 2.05) is 0 Å². The number of hydrogen-bond donors (Lipinski definition) is 2. The summed E-state index contributed by atoms with van der Waals surface area (Å²) in [5.41, 5.74) is 5.47. The largest absolute Gasteiger partial charge is 0.492 e. The van der Waals surface area contributed by atoms with Gasteiger partial charge >= 0.3 is 0 Å². The Kier molecular flexibility index (Phi) is 3.02. The number of nitrogens with one attached hydrogen (secondary N) is 1. The summed E-state index contributed by atoms with van der Waals surface area (Å²) in [5, 5.41) is 2.67. The molecular weight excluding hydrogens is 223 g/mol. The smallest absolute Gasteiger partial charge is 0.244 e. The lowest BCUT2D eigenvalue weighted by Crippen LogP contribution is -2.37. The molecule has 1 amide bonds. The van der Waals surface area contributed by atoms with Crippen LogP contribution in [0.1, 0.15) is 19.8 Å². The molecule has 1 aliphatic carbocycles. The Labute approximate surface area is 98.9 Å². The van der Waals surface area contributed by atoms with E-state index in [4.69, 9.17) is 10.5 Å². The van der Waals surface area contributed by atoms with E-state index in [-0.39, 0.29) is 5.91 Å². The SMILES string of the molecule is CCOc1cc(F)ccc1NC(=O)C1(N)CC1. The first-order valence-electron chi connectivity index (χ1n) is 5.58. The summed E-state index contributed by atoms with van der Waals surface area (Å²) in [4.78, 5) is 11.8. The van der Waals surface area contributed by atoms with Gasteiger partial charge in [0.2, 0.25) is 5.91 Å². The van der Waals surface area contributed by atoms with Crippen LogP contribution < -0.4 is 15.8 Å². The molecule has 0 aromatic heterocycles. The quantitative estimate of drug-likeness (QED) is 0.838. The molecule has 0 radical (unpaired) electrons. The fraction of sp³-hybridized carbons (Fsp3) is 0.417. The summed E-state index contributed by atoms with van der Waals surface area (Å²) in [5.74, 6) is -0.324. The maximum absolute atomic E-state index is 13.0. The lowest BCUT2D eigenvalue weighted by molar-refractivity contribution is -0.118. The summed E-state index contributed by atoms with van der Waals surface area (Å²) >= 11 is 0. The zero-order valence-corrected chi connectivity index (χ0v) is 9.63. The molecule has 0 heterocycles. The Morgan fingerprint density at radius 3 is 2.88 bits per heavy atom. The highest BCUT2D eigenvalue weighted by Crippen LogP contribution is 2.34. The third-order valence-electron chi connectivity index (χ3n) is 2.73. The molecule has 1 aromatic rings. The van der Waals surface area contributed by atoms with Crippen molar-refractivity contribution in [1.82, 2.24) is 0 Å². The van der Waals surface area contributed by atoms with Crippen molar-refractivity contribution in [3.8, 4) is 5.75 Å². The third kappa shape index (κ3) is 2.55. The van der Waals surface area contributed by atoms with Crippen LogP contribution in [0, 0.1) is 5.82 Å². The molecule has 1 fully saturated rings. The van der Waals surface area contributed by atoms with Gasteiger partial charge in [0.25, 0.3) is 0 Å². The van der Waals surface area contributed by atoms with Crippen LogP contribution in [0.5, 0.6) is 5.75 Å². The monoisotopic (exact) mass is 238 g/mol. The number of halogens is 1. The lowest BCUT2D eigenvalue weighted by Gasteiger charge is -2.14. The van der Waals surface area contributed by atoms with Crippen molar-refractivity contribution >= 4 is 11.6 Å². The van der Waals surface area contributed by atoms with E-state index in [0.717, 1.165) is 0 Å². The van der Waals surface area contributed by atoms with Gasteiger partial charge in [0, 0.05) is 6.07 Å². The number of hydrogen-bond acceptors (Lipinski definition) is 3. The molecule has 5 heteroatoms. The van der Waals surface area contributed by atoms with Crippen molar-refractivity contribution in [1.29, 1.82) is 0 Å². The number of anilines is 1. The van der Waals surface area contributed by atoms with Crippen molar-refractivity contribution in [2.24, 2.45) is 5.73 Å². The summed E-state index contributed by atoms with van der Waals surface area (Å²) in [6.45, 7) is 2.20. The van der Waals surface area contributed by atoms with Crippen LogP contribution in [0.25, 0.3) is 0 Å². The minimum Gasteiger partial charge on any atom is -0.492 e. The first-order valence-corrected chi connectivity index (χ1v) is 5.58. The molecule has 0 spiro atoms. The molecule has 1 aromatic carbocycles. The average Bonchev–Trinajstić information content (AvgIpc) is 3.02. The highest BCUT2D eigenvalue weighted by molar-refractivity contribution is 6.00. The second-order valence-electron chi connectivity index (χ2n) is 4.18. The van der Waals surface area contributed by atoms with Gasteiger partial charge in [-0.3, -0.25) is 4.79 Å². The second-order valence-corrected chi connectivity index (χ2v) is 4.18. The molecule has 0 unspecified atom stereocenters. The fourth-order valence-electron chi connectivity index (χ4n) is 1.48. The summed E-state index contributed by atoms with van der Waals surface area (Å²) in [6, 6.07) is 3.99. The highest BCUT2D eigenvalue weighted by atomic mass is 19.1. The number of ether oxygens (including phenoxy) is 1. The summed E-state index contributed by atoms with van der Waals surface area (Å²) in [6.07, 6.45) is 1.37. The van der Waals surface area contributed by atoms with Crippen LogP contribution in [-0.4, -0.2) is 18.1 Å². The molecule has 0 aliphatic heterocycles. The van der Waals surface area contributed by atoms with E-state index in [1.54, 1.807) is 6.92 Å². The summed E-state index contributed by atoms with van der Waals surface area (Å²) in [7, 11) is 0. The zero-order valence-electron chi connectivity index (χ0n) is 9.63. The topological polar surface area (TPSA) is 64.3 Å².